The highest BCUT2D eigenvalue weighted by Crippen LogP contribution is 2.25. The summed E-state index contributed by atoms with van der Waals surface area (Å²) in [6.07, 6.45) is 7.58. The van der Waals surface area contributed by atoms with Crippen molar-refractivity contribution in [3.8, 4) is 5.69 Å². The fourth-order valence-corrected chi connectivity index (χ4v) is 3.79. The van der Waals surface area contributed by atoms with Crippen molar-refractivity contribution in [1.82, 2.24) is 20.1 Å². The van der Waals surface area contributed by atoms with Crippen molar-refractivity contribution < 1.29 is 4.79 Å². The van der Waals surface area contributed by atoms with Crippen LogP contribution < -0.4 is 5.32 Å². The van der Waals surface area contributed by atoms with Crippen LogP contribution in [0.5, 0.6) is 0 Å². The van der Waals surface area contributed by atoms with E-state index in [1.54, 1.807) is 11.8 Å². The predicted molar refractivity (Wildman–Crippen MR) is 96.3 cm³/mol. The summed E-state index contributed by atoms with van der Waals surface area (Å²) in [4.78, 5) is 12.4. The number of hydrogen-bond acceptors (Lipinski definition) is 4. The smallest absolute Gasteiger partial charge is 0.223 e. The highest BCUT2D eigenvalue weighted by molar-refractivity contribution is 7.98. The first-order valence-corrected chi connectivity index (χ1v) is 9.75. The minimum absolute atomic E-state index is 0.153. The summed E-state index contributed by atoms with van der Waals surface area (Å²) in [6.45, 7) is 2.49. The van der Waals surface area contributed by atoms with Crippen molar-refractivity contribution in [3.05, 3.63) is 35.7 Å². The molecule has 1 aliphatic carbocycles. The van der Waals surface area contributed by atoms with E-state index in [9.17, 15) is 4.79 Å². The monoisotopic (exact) mass is 344 g/mol. The molecule has 2 aromatic rings. The number of nitrogens with one attached hydrogen (secondary N) is 1. The van der Waals surface area contributed by atoms with Crippen LogP contribution in [0.1, 0.15) is 43.5 Å². The van der Waals surface area contributed by atoms with Gasteiger partial charge in [0, 0.05) is 5.92 Å². The second kappa shape index (κ2) is 7.83. The summed E-state index contributed by atoms with van der Waals surface area (Å²) < 4.78 is 2.04. The number of nitrogens with zero attached hydrogens (tertiary/aromatic N) is 3. The Morgan fingerprint density at radius 1 is 1.25 bits per heavy atom. The molecular formula is C18H24N4OS. The molecule has 1 amide bonds. The zero-order chi connectivity index (χ0) is 16.9. The number of hydrogen-bond donors (Lipinski definition) is 1. The summed E-state index contributed by atoms with van der Waals surface area (Å²) in [5.74, 6) is 1.09. The Labute approximate surface area is 147 Å². The fraction of sp³-hybridized carbons (Fsp3) is 0.500. The van der Waals surface area contributed by atoms with Crippen molar-refractivity contribution in [1.29, 1.82) is 0 Å². The van der Waals surface area contributed by atoms with E-state index in [1.165, 1.54) is 6.42 Å². The lowest BCUT2D eigenvalue weighted by Gasteiger charge is -2.20. The molecule has 0 spiro atoms. The largest absolute Gasteiger partial charge is 0.349 e. The highest BCUT2D eigenvalue weighted by atomic mass is 32.2. The number of para-hydroxylation sites is 1. The van der Waals surface area contributed by atoms with Gasteiger partial charge in [0.25, 0.3) is 0 Å². The minimum Gasteiger partial charge on any atom is -0.349 e. The van der Waals surface area contributed by atoms with E-state index in [1.807, 2.05) is 23.0 Å². The predicted octanol–water partition coefficient (Wildman–Crippen LogP) is 3.49. The van der Waals surface area contributed by atoms with Crippen molar-refractivity contribution in [2.45, 2.75) is 50.7 Å². The number of rotatable bonds is 5. The Morgan fingerprint density at radius 2 is 2.00 bits per heavy atom. The summed E-state index contributed by atoms with van der Waals surface area (Å²) in [7, 11) is 0. The van der Waals surface area contributed by atoms with Crippen molar-refractivity contribution in [3.63, 3.8) is 0 Å². The molecule has 1 aromatic heterocycles. The van der Waals surface area contributed by atoms with Crippen LogP contribution in [0.4, 0.5) is 0 Å². The quantitative estimate of drug-likeness (QED) is 0.844. The van der Waals surface area contributed by atoms with Crippen LogP contribution >= 0.6 is 11.8 Å². The molecule has 0 unspecified atom stereocenters. The molecule has 128 valence electrons. The third-order valence-electron chi connectivity index (χ3n) is 4.64. The number of aryl methyl sites for hydroxylation is 1. The summed E-state index contributed by atoms with van der Waals surface area (Å²) in [5, 5.41) is 12.5. The number of amides is 1. The van der Waals surface area contributed by atoms with Crippen LogP contribution in [-0.2, 0) is 11.3 Å². The van der Waals surface area contributed by atoms with Crippen molar-refractivity contribution in [2.24, 2.45) is 5.92 Å². The molecule has 1 heterocycles. The van der Waals surface area contributed by atoms with E-state index in [-0.39, 0.29) is 11.8 Å². The van der Waals surface area contributed by atoms with Crippen molar-refractivity contribution >= 4 is 17.7 Å². The molecule has 1 aliphatic rings. The lowest BCUT2D eigenvalue weighted by molar-refractivity contribution is -0.126. The van der Waals surface area contributed by atoms with E-state index < -0.39 is 0 Å². The van der Waals surface area contributed by atoms with Gasteiger partial charge in [-0.3, -0.25) is 9.36 Å². The SMILES string of the molecule is CSc1nnc(CNC(=O)C2CCCCC2)n1-c1ccccc1C. The molecule has 1 aromatic carbocycles. The van der Waals surface area contributed by atoms with Gasteiger partial charge in [0.1, 0.15) is 0 Å². The maximum atomic E-state index is 12.4. The standard InChI is InChI=1S/C18H24N4OS/c1-13-8-6-7-11-15(13)22-16(20-21-18(22)24-2)12-19-17(23)14-9-4-3-5-10-14/h6-8,11,14H,3-5,9-10,12H2,1-2H3,(H,19,23). The molecule has 6 heteroatoms. The van der Waals surface area contributed by atoms with E-state index in [0.29, 0.717) is 6.54 Å². The van der Waals surface area contributed by atoms with Gasteiger partial charge in [-0.05, 0) is 37.7 Å². The third-order valence-corrected chi connectivity index (χ3v) is 5.27. The first kappa shape index (κ1) is 17.0. The zero-order valence-electron chi connectivity index (χ0n) is 14.3. The molecule has 1 fully saturated rings. The molecule has 0 aliphatic heterocycles. The number of aromatic nitrogens is 3. The van der Waals surface area contributed by atoms with Crippen LogP contribution in [0.2, 0.25) is 0 Å². The van der Waals surface area contributed by atoms with E-state index in [2.05, 4.69) is 34.6 Å². The Morgan fingerprint density at radius 3 is 2.71 bits per heavy atom. The summed E-state index contributed by atoms with van der Waals surface area (Å²) >= 11 is 1.56. The van der Waals surface area contributed by atoms with Gasteiger partial charge in [-0.25, -0.2) is 0 Å². The minimum atomic E-state index is 0.153. The first-order valence-electron chi connectivity index (χ1n) is 8.52. The topological polar surface area (TPSA) is 59.8 Å². The number of benzene rings is 1. The number of carbonyl (C=O) groups excluding carboxylic acids is 1. The van der Waals surface area contributed by atoms with E-state index in [4.69, 9.17) is 0 Å². The van der Waals surface area contributed by atoms with Gasteiger partial charge in [-0.2, -0.15) is 0 Å². The molecule has 1 N–H and O–H groups in total. The van der Waals surface area contributed by atoms with Gasteiger partial charge >= 0.3 is 0 Å². The normalized spacial score (nSPS) is 15.4. The second-order valence-electron chi connectivity index (χ2n) is 6.28. The Bertz CT molecular complexity index is 707. The molecule has 3 rings (SSSR count). The number of thioether (sulfide) groups is 1. The van der Waals surface area contributed by atoms with Crippen LogP contribution in [-0.4, -0.2) is 26.9 Å². The lowest BCUT2D eigenvalue weighted by Crippen LogP contribution is -2.32. The molecule has 1 saturated carbocycles. The van der Waals surface area contributed by atoms with Gasteiger partial charge in [0.15, 0.2) is 11.0 Å². The van der Waals surface area contributed by atoms with E-state index in [0.717, 1.165) is 47.9 Å². The summed E-state index contributed by atoms with van der Waals surface area (Å²) in [5.41, 5.74) is 2.22. The zero-order valence-corrected chi connectivity index (χ0v) is 15.1. The molecule has 5 nitrogen and oxygen atoms in total. The van der Waals surface area contributed by atoms with Gasteiger partial charge in [-0.15, -0.1) is 10.2 Å². The summed E-state index contributed by atoms with van der Waals surface area (Å²) in [6, 6.07) is 8.16. The molecule has 0 bridgehead atoms. The Hall–Kier alpha value is -1.82. The molecular weight excluding hydrogens is 320 g/mol. The molecule has 0 radical (unpaired) electrons. The van der Waals surface area contributed by atoms with Crippen molar-refractivity contribution in [2.75, 3.05) is 6.26 Å². The van der Waals surface area contributed by atoms with Gasteiger partial charge in [0.05, 0.1) is 12.2 Å². The van der Waals surface area contributed by atoms with Gasteiger partial charge in [0.2, 0.25) is 5.91 Å². The van der Waals surface area contributed by atoms with Crippen LogP contribution in [0.25, 0.3) is 5.69 Å². The maximum Gasteiger partial charge on any atom is 0.223 e. The number of carbonyl (C=O) groups is 1. The molecule has 24 heavy (non-hydrogen) atoms. The average molecular weight is 344 g/mol. The first-order chi connectivity index (χ1) is 11.7. The fourth-order valence-electron chi connectivity index (χ4n) is 3.28. The molecule has 0 saturated heterocycles. The third kappa shape index (κ3) is 3.64. The Kier molecular flexibility index (Phi) is 5.56. The maximum absolute atomic E-state index is 12.4. The Balaban J connectivity index is 1.78. The average Bonchev–Trinajstić information content (AvgIpc) is 3.03. The lowest BCUT2D eigenvalue weighted by atomic mass is 9.89. The highest BCUT2D eigenvalue weighted by Gasteiger charge is 2.22. The van der Waals surface area contributed by atoms with E-state index >= 15 is 0 Å². The molecule has 0 atom stereocenters. The van der Waals surface area contributed by atoms with Crippen LogP contribution in [0.3, 0.4) is 0 Å². The van der Waals surface area contributed by atoms with Crippen LogP contribution in [0, 0.1) is 12.8 Å². The van der Waals surface area contributed by atoms with Gasteiger partial charge < -0.3 is 5.32 Å². The van der Waals surface area contributed by atoms with Crippen LogP contribution in [0.15, 0.2) is 29.4 Å². The second-order valence-corrected chi connectivity index (χ2v) is 7.05. The van der Waals surface area contributed by atoms with Gasteiger partial charge in [-0.1, -0.05) is 49.2 Å².